The van der Waals surface area contributed by atoms with Crippen LogP contribution in [0.2, 0.25) is 0 Å². The topological polar surface area (TPSA) is 159 Å². The third kappa shape index (κ3) is 3.96. The van der Waals surface area contributed by atoms with Crippen molar-refractivity contribution in [3.8, 4) is 0 Å². The minimum atomic E-state index is -1.15. The first kappa shape index (κ1) is 21.6. The van der Waals surface area contributed by atoms with Crippen molar-refractivity contribution in [2.75, 3.05) is 18.4 Å². The average Bonchev–Trinajstić information content (AvgIpc) is 3.18. The molecule has 1 saturated heterocycles. The molecule has 176 valence electrons. The van der Waals surface area contributed by atoms with Crippen LogP contribution in [0.1, 0.15) is 24.0 Å². The molecular weight excluding hydrogens is 440 g/mol. The summed E-state index contributed by atoms with van der Waals surface area (Å²) in [6.45, 7) is 0.729. The molecule has 3 aromatic rings. The van der Waals surface area contributed by atoms with Crippen molar-refractivity contribution in [1.29, 1.82) is 0 Å². The van der Waals surface area contributed by atoms with Gasteiger partial charge in [0, 0.05) is 30.8 Å². The number of rotatable bonds is 4. The Morgan fingerprint density at radius 3 is 2.56 bits per heavy atom. The van der Waals surface area contributed by atoms with Gasteiger partial charge in [0.25, 0.3) is 0 Å². The van der Waals surface area contributed by atoms with Crippen LogP contribution in [0.4, 0.5) is 15.3 Å². The zero-order chi connectivity index (χ0) is 23.9. The molecule has 34 heavy (non-hydrogen) atoms. The number of aromatic nitrogens is 2. The van der Waals surface area contributed by atoms with Crippen molar-refractivity contribution < 1.29 is 19.5 Å². The molecule has 0 radical (unpaired) electrons. The minimum Gasteiger partial charge on any atom is -0.480 e. The van der Waals surface area contributed by atoms with Crippen LogP contribution in [0.5, 0.6) is 0 Å². The van der Waals surface area contributed by atoms with E-state index in [1.807, 2.05) is 24.3 Å². The zero-order valence-electron chi connectivity index (χ0n) is 18.2. The van der Waals surface area contributed by atoms with Crippen LogP contribution < -0.4 is 21.6 Å². The number of piperidine rings is 1. The largest absolute Gasteiger partial charge is 0.480 e. The van der Waals surface area contributed by atoms with Crippen molar-refractivity contribution in [2.45, 2.75) is 30.8 Å². The lowest BCUT2D eigenvalue weighted by molar-refractivity contribution is -0.139. The van der Waals surface area contributed by atoms with Gasteiger partial charge in [0.15, 0.2) is 0 Å². The number of nitrogens with zero attached hydrogens (tertiary/aromatic N) is 1. The zero-order valence-corrected chi connectivity index (χ0v) is 18.2. The van der Waals surface area contributed by atoms with E-state index >= 15 is 0 Å². The molecule has 4 amide bonds. The van der Waals surface area contributed by atoms with E-state index in [9.17, 15) is 24.3 Å². The van der Waals surface area contributed by atoms with E-state index in [0.29, 0.717) is 42.5 Å². The van der Waals surface area contributed by atoms with Crippen LogP contribution in [0.3, 0.4) is 0 Å². The maximum atomic E-state index is 12.9. The van der Waals surface area contributed by atoms with Crippen LogP contribution in [0.25, 0.3) is 11.0 Å². The lowest BCUT2D eigenvalue weighted by Gasteiger charge is -2.45. The maximum Gasteiger partial charge on any atom is 0.326 e. The molecule has 11 nitrogen and oxygen atoms in total. The van der Waals surface area contributed by atoms with Gasteiger partial charge in [0.1, 0.15) is 6.04 Å². The first-order valence-electron chi connectivity index (χ1n) is 11.0. The summed E-state index contributed by atoms with van der Waals surface area (Å²) in [5.74, 6) is -1.15. The lowest BCUT2D eigenvalue weighted by atomic mass is 9.79. The van der Waals surface area contributed by atoms with Gasteiger partial charge in [-0.1, -0.05) is 24.3 Å². The van der Waals surface area contributed by atoms with Gasteiger partial charge in [0.05, 0.1) is 16.6 Å². The summed E-state index contributed by atoms with van der Waals surface area (Å²) in [5.41, 5.74) is 2.70. The number of carbonyl (C=O) groups excluding carboxylic acids is 2. The predicted molar refractivity (Wildman–Crippen MR) is 124 cm³/mol. The number of aliphatic carboxylic acids is 1. The van der Waals surface area contributed by atoms with Crippen LogP contribution in [0, 0.1) is 0 Å². The molecule has 0 aliphatic carbocycles. The summed E-state index contributed by atoms with van der Waals surface area (Å²) in [7, 11) is 0. The molecule has 1 spiro atoms. The molecule has 11 heteroatoms. The van der Waals surface area contributed by atoms with Crippen molar-refractivity contribution in [3.63, 3.8) is 0 Å². The molecule has 2 aliphatic heterocycles. The normalized spacial score (nSPS) is 17.5. The molecule has 1 atom stereocenters. The van der Waals surface area contributed by atoms with E-state index in [1.165, 1.54) is 0 Å². The first-order valence-corrected chi connectivity index (χ1v) is 11.0. The fourth-order valence-electron chi connectivity index (χ4n) is 4.82. The van der Waals surface area contributed by atoms with Gasteiger partial charge >= 0.3 is 23.7 Å². The summed E-state index contributed by atoms with van der Waals surface area (Å²) < 4.78 is 0. The summed E-state index contributed by atoms with van der Waals surface area (Å²) in [4.78, 5) is 55.3. The number of aromatic amines is 2. The van der Waals surface area contributed by atoms with Crippen LogP contribution in [-0.2, 0) is 16.8 Å². The Morgan fingerprint density at radius 2 is 1.79 bits per heavy atom. The monoisotopic (exact) mass is 464 g/mol. The molecule has 0 unspecified atom stereocenters. The Labute approximate surface area is 193 Å². The van der Waals surface area contributed by atoms with Crippen LogP contribution >= 0.6 is 0 Å². The van der Waals surface area contributed by atoms with Crippen molar-refractivity contribution in [3.05, 3.63) is 64.1 Å². The van der Waals surface area contributed by atoms with Gasteiger partial charge in [-0.15, -0.1) is 0 Å². The van der Waals surface area contributed by atoms with Crippen LogP contribution in [-0.4, -0.2) is 57.1 Å². The molecule has 3 heterocycles. The molecule has 2 aromatic carbocycles. The van der Waals surface area contributed by atoms with Gasteiger partial charge in [-0.25, -0.2) is 19.2 Å². The van der Waals surface area contributed by atoms with E-state index in [-0.39, 0.29) is 18.1 Å². The smallest absolute Gasteiger partial charge is 0.326 e. The molecule has 1 fully saturated rings. The Balaban J connectivity index is 1.26. The number of anilines is 1. The fraction of sp³-hybridized carbons (Fsp3) is 0.304. The number of hydrogen-bond acceptors (Lipinski definition) is 4. The van der Waals surface area contributed by atoms with E-state index in [0.717, 1.165) is 11.3 Å². The van der Waals surface area contributed by atoms with Gasteiger partial charge in [-0.2, -0.15) is 0 Å². The molecule has 5 rings (SSSR count). The van der Waals surface area contributed by atoms with Crippen LogP contribution in [0.15, 0.2) is 47.3 Å². The number of hydrogen-bond donors (Lipinski definition) is 6. The average molecular weight is 464 g/mol. The van der Waals surface area contributed by atoms with Crippen molar-refractivity contribution in [1.82, 2.24) is 25.5 Å². The number of urea groups is 2. The number of carboxylic acid groups (broad SMARTS) is 1. The quantitative estimate of drug-likeness (QED) is 0.346. The van der Waals surface area contributed by atoms with E-state index in [1.54, 1.807) is 23.1 Å². The highest BCUT2D eigenvalue weighted by Gasteiger charge is 2.43. The van der Waals surface area contributed by atoms with Gasteiger partial charge in [0.2, 0.25) is 0 Å². The van der Waals surface area contributed by atoms with Crippen molar-refractivity contribution in [2.24, 2.45) is 0 Å². The Bertz CT molecular complexity index is 1340. The fourth-order valence-corrected chi connectivity index (χ4v) is 4.82. The summed E-state index contributed by atoms with van der Waals surface area (Å²) in [6, 6.07) is 10.8. The number of likely N-dealkylation sites (tertiary alicyclic amines) is 1. The third-order valence-corrected chi connectivity index (χ3v) is 6.56. The highest BCUT2D eigenvalue weighted by Crippen LogP contribution is 2.39. The highest BCUT2D eigenvalue weighted by atomic mass is 16.4. The third-order valence-electron chi connectivity index (χ3n) is 6.56. The molecule has 0 saturated carbocycles. The summed E-state index contributed by atoms with van der Waals surface area (Å²) in [5, 5.41) is 18.1. The Kier molecular flexibility index (Phi) is 5.23. The number of carbonyl (C=O) groups is 3. The number of para-hydroxylation sites is 1. The highest BCUT2D eigenvalue weighted by molar-refractivity contribution is 5.94. The van der Waals surface area contributed by atoms with Gasteiger partial charge in [-0.3, -0.25) is 0 Å². The van der Waals surface area contributed by atoms with Gasteiger partial charge in [-0.05, 0) is 36.6 Å². The molecule has 6 N–H and O–H groups in total. The van der Waals surface area contributed by atoms with Gasteiger partial charge < -0.3 is 35.9 Å². The standard InChI is InChI=1S/C23H24N6O5/c30-19(31)18(12-13-5-6-16-17(11-13)26-20(32)25-16)27-22(34)29-9-7-23(8-10-29)14-3-1-2-4-15(14)24-21(33)28-23/h1-6,11,18H,7-10,12H2,(H,27,34)(H,30,31)(H2,24,28,33)(H2,25,26,32)/t18-/m1/s1. The number of benzene rings is 2. The number of imidazole rings is 1. The predicted octanol–water partition coefficient (Wildman–Crippen LogP) is 1.69. The molecular formula is C23H24N6O5. The number of amides is 4. The SMILES string of the molecule is O=C1Nc2ccccc2C2(CCN(C(=O)N[C@H](Cc3ccc4[nH]c(=O)[nH]c4c3)C(=O)O)CC2)N1. The number of fused-ring (bicyclic) bond motifs is 3. The number of nitrogens with one attached hydrogen (secondary N) is 5. The second kappa shape index (κ2) is 8.25. The van der Waals surface area contributed by atoms with E-state index in [4.69, 9.17) is 0 Å². The number of carboxylic acids is 1. The Hall–Kier alpha value is -4.28. The minimum absolute atomic E-state index is 0.0666. The summed E-state index contributed by atoms with van der Waals surface area (Å²) in [6.07, 6.45) is 1.09. The van der Waals surface area contributed by atoms with E-state index < -0.39 is 23.6 Å². The second-order valence-electron chi connectivity index (χ2n) is 8.70. The van der Waals surface area contributed by atoms with Crippen molar-refractivity contribution >= 4 is 34.8 Å². The Morgan fingerprint density at radius 1 is 1.06 bits per heavy atom. The molecule has 0 bridgehead atoms. The van der Waals surface area contributed by atoms with E-state index in [2.05, 4.69) is 25.9 Å². The molecule has 2 aliphatic rings. The first-order chi connectivity index (χ1) is 16.3. The second-order valence-corrected chi connectivity index (χ2v) is 8.70. The molecule has 1 aromatic heterocycles. The number of H-pyrrole nitrogens is 2. The lowest BCUT2D eigenvalue weighted by Crippen LogP contribution is -2.59. The summed E-state index contributed by atoms with van der Waals surface area (Å²) >= 11 is 0. The maximum absolute atomic E-state index is 12.9.